The maximum Gasteiger partial charge on any atom is 0.262 e. The van der Waals surface area contributed by atoms with E-state index >= 15 is 0 Å². The van der Waals surface area contributed by atoms with E-state index < -0.39 is 0 Å². The van der Waals surface area contributed by atoms with E-state index in [4.69, 9.17) is 4.74 Å². The molecule has 0 saturated heterocycles. The molecular weight excluding hydrogens is 469 g/mol. The summed E-state index contributed by atoms with van der Waals surface area (Å²) < 4.78 is 7.60. The second-order valence-electron chi connectivity index (χ2n) is 5.34. The van der Waals surface area contributed by atoms with Crippen LogP contribution in [0.2, 0.25) is 0 Å². The number of hydrogen-bond acceptors (Lipinski definition) is 2. The molecule has 0 bridgehead atoms. The first kappa shape index (κ1) is 18.3. The van der Waals surface area contributed by atoms with Gasteiger partial charge in [-0.05, 0) is 92.8 Å². The summed E-state index contributed by atoms with van der Waals surface area (Å²) in [5.74, 6) is 1.00. The van der Waals surface area contributed by atoms with Crippen molar-refractivity contribution < 1.29 is 9.53 Å². The molecule has 2 aromatic carbocycles. The van der Waals surface area contributed by atoms with Crippen LogP contribution in [0.15, 0.2) is 46.9 Å². The molecule has 0 aromatic heterocycles. The molecule has 0 fully saturated rings. The van der Waals surface area contributed by atoms with Gasteiger partial charge < -0.3 is 10.1 Å². The summed E-state index contributed by atoms with van der Waals surface area (Å²) in [6.07, 6.45) is 1.09. The zero-order chi connectivity index (χ0) is 16.8. The van der Waals surface area contributed by atoms with Gasteiger partial charge in [0, 0.05) is 9.26 Å². The number of ether oxygens (including phenoxy) is 1. The summed E-state index contributed by atoms with van der Waals surface area (Å²) in [5, 5.41) is 2.82. The monoisotopic (exact) mass is 487 g/mol. The quantitative estimate of drug-likeness (QED) is 0.540. The Kier molecular flexibility index (Phi) is 6.89. The molecule has 1 unspecified atom stereocenters. The SMILES string of the molecule is CCC(C)c1ccc(OCC(=O)Nc2ccc(I)cc2)c(Br)c1. The summed E-state index contributed by atoms with van der Waals surface area (Å²) in [7, 11) is 0. The van der Waals surface area contributed by atoms with Crippen molar-refractivity contribution in [2.45, 2.75) is 26.2 Å². The summed E-state index contributed by atoms with van der Waals surface area (Å²) in [6.45, 7) is 4.34. The minimum Gasteiger partial charge on any atom is -0.483 e. The molecule has 0 aliphatic carbocycles. The van der Waals surface area contributed by atoms with Crippen LogP contribution in [0.4, 0.5) is 5.69 Å². The fraction of sp³-hybridized carbons (Fsp3) is 0.278. The molecule has 2 aromatic rings. The molecule has 3 nitrogen and oxygen atoms in total. The molecule has 23 heavy (non-hydrogen) atoms. The fourth-order valence-electron chi connectivity index (χ4n) is 2.05. The van der Waals surface area contributed by atoms with Crippen LogP contribution >= 0.6 is 38.5 Å². The highest BCUT2D eigenvalue weighted by Crippen LogP contribution is 2.30. The van der Waals surface area contributed by atoms with Gasteiger partial charge in [-0.25, -0.2) is 0 Å². The number of halogens is 2. The Hall–Kier alpha value is -1.08. The molecule has 5 heteroatoms. The van der Waals surface area contributed by atoms with Crippen LogP contribution in [-0.2, 0) is 4.79 Å². The number of hydrogen-bond donors (Lipinski definition) is 1. The highest BCUT2D eigenvalue weighted by Gasteiger charge is 2.09. The standard InChI is InChI=1S/C18H19BrINO2/c1-3-12(2)13-4-9-17(16(19)10-13)23-11-18(22)21-15-7-5-14(20)6-8-15/h4-10,12H,3,11H2,1-2H3,(H,21,22). The first-order valence-corrected chi connectivity index (χ1v) is 9.34. The van der Waals surface area contributed by atoms with Crippen molar-refractivity contribution in [3.8, 4) is 5.75 Å². The van der Waals surface area contributed by atoms with E-state index in [1.807, 2.05) is 36.4 Å². The van der Waals surface area contributed by atoms with E-state index in [9.17, 15) is 4.79 Å². The van der Waals surface area contributed by atoms with Gasteiger partial charge in [0.25, 0.3) is 5.91 Å². The number of nitrogens with one attached hydrogen (secondary N) is 1. The maximum absolute atomic E-state index is 12.0. The van der Waals surface area contributed by atoms with E-state index in [0.29, 0.717) is 11.7 Å². The van der Waals surface area contributed by atoms with Gasteiger partial charge in [0.15, 0.2) is 6.61 Å². The topological polar surface area (TPSA) is 38.3 Å². The van der Waals surface area contributed by atoms with E-state index in [0.717, 1.165) is 20.2 Å². The summed E-state index contributed by atoms with van der Waals surface area (Å²) in [4.78, 5) is 12.0. The number of carbonyl (C=O) groups is 1. The third kappa shape index (κ3) is 5.49. The minimum absolute atomic E-state index is 0.0206. The molecule has 0 aliphatic heterocycles. The molecular formula is C18H19BrINO2. The molecule has 2 rings (SSSR count). The fourth-order valence-corrected chi connectivity index (χ4v) is 2.92. The van der Waals surface area contributed by atoms with Crippen molar-refractivity contribution in [2.24, 2.45) is 0 Å². The summed E-state index contributed by atoms with van der Waals surface area (Å²) in [5.41, 5.74) is 2.03. The Morgan fingerprint density at radius 1 is 1.26 bits per heavy atom. The number of amides is 1. The summed E-state index contributed by atoms with van der Waals surface area (Å²) in [6, 6.07) is 13.6. The van der Waals surface area contributed by atoms with Crippen LogP contribution < -0.4 is 10.1 Å². The number of rotatable bonds is 6. The molecule has 1 amide bonds. The second kappa shape index (κ2) is 8.68. The van der Waals surface area contributed by atoms with Gasteiger partial charge in [-0.2, -0.15) is 0 Å². The third-order valence-electron chi connectivity index (χ3n) is 3.62. The van der Waals surface area contributed by atoms with Crippen LogP contribution in [0.1, 0.15) is 31.7 Å². The lowest BCUT2D eigenvalue weighted by atomic mass is 9.99. The Labute approximate surface area is 159 Å². The predicted octanol–water partition coefficient (Wildman–Crippen LogP) is 5.58. The van der Waals surface area contributed by atoms with Crippen molar-refractivity contribution in [1.82, 2.24) is 0 Å². The lowest BCUT2D eigenvalue weighted by molar-refractivity contribution is -0.118. The van der Waals surface area contributed by atoms with Gasteiger partial charge in [-0.1, -0.05) is 19.9 Å². The largest absolute Gasteiger partial charge is 0.483 e. The Balaban J connectivity index is 1.92. The smallest absolute Gasteiger partial charge is 0.262 e. The van der Waals surface area contributed by atoms with Crippen LogP contribution in [0.5, 0.6) is 5.75 Å². The van der Waals surface area contributed by atoms with Crippen molar-refractivity contribution in [1.29, 1.82) is 0 Å². The van der Waals surface area contributed by atoms with E-state index in [1.54, 1.807) is 0 Å². The molecule has 1 N–H and O–H groups in total. The zero-order valence-corrected chi connectivity index (χ0v) is 16.8. The van der Waals surface area contributed by atoms with Crippen LogP contribution in [0.25, 0.3) is 0 Å². The minimum atomic E-state index is -0.177. The van der Waals surface area contributed by atoms with Gasteiger partial charge in [0.1, 0.15) is 5.75 Å². The van der Waals surface area contributed by atoms with Crippen molar-refractivity contribution in [3.63, 3.8) is 0 Å². The molecule has 0 spiro atoms. The Morgan fingerprint density at radius 3 is 2.57 bits per heavy atom. The molecule has 0 heterocycles. The Bertz CT molecular complexity index is 673. The second-order valence-corrected chi connectivity index (χ2v) is 7.44. The highest BCUT2D eigenvalue weighted by atomic mass is 127. The first-order chi connectivity index (χ1) is 11.0. The summed E-state index contributed by atoms with van der Waals surface area (Å²) >= 11 is 5.74. The molecule has 1 atom stereocenters. The van der Waals surface area contributed by atoms with Crippen LogP contribution in [0, 0.1) is 3.57 Å². The lowest BCUT2D eigenvalue weighted by Gasteiger charge is -2.13. The highest BCUT2D eigenvalue weighted by molar-refractivity contribution is 14.1. The van der Waals surface area contributed by atoms with Gasteiger partial charge >= 0.3 is 0 Å². The average Bonchev–Trinajstić information content (AvgIpc) is 2.55. The van der Waals surface area contributed by atoms with Gasteiger partial charge in [0.05, 0.1) is 4.47 Å². The van der Waals surface area contributed by atoms with Crippen molar-refractivity contribution in [3.05, 3.63) is 56.1 Å². The van der Waals surface area contributed by atoms with E-state index in [-0.39, 0.29) is 12.5 Å². The number of carbonyl (C=O) groups excluding carboxylic acids is 1. The predicted molar refractivity (Wildman–Crippen MR) is 106 cm³/mol. The molecule has 0 saturated carbocycles. The number of anilines is 1. The van der Waals surface area contributed by atoms with Crippen molar-refractivity contribution >= 4 is 50.1 Å². The third-order valence-corrected chi connectivity index (χ3v) is 4.96. The lowest BCUT2D eigenvalue weighted by Crippen LogP contribution is -2.20. The van der Waals surface area contributed by atoms with Gasteiger partial charge in [-0.15, -0.1) is 0 Å². The van der Waals surface area contributed by atoms with Gasteiger partial charge in [-0.3, -0.25) is 4.79 Å². The van der Waals surface area contributed by atoms with Gasteiger partial charge in [0.2, 0.25) is 0 Å². The van der Waals surface area contributed by atoms with Crippen LogP contribution in [-0.4, -0.2) is 12.5 Å². The molecule has 0 radical (unpaired) electrons. The first-order valence-electron chi connectivity index (χ1n) is 7.47. The molecule has 122 valence electrons. The Morgan fingerprint density at radius 2 is 1.96 bits per heavy atom. The van der Waals surface area contributed by atoms with E-state index in [1.165, 1.54) is 5.56 Å². The van der Waals surface area contributed by atoms with Crippen LogP contribution in [0.3, 0.4) is 0 Å². The normalized spacial score (nSPS) is 11.8. The number of benzene rings is 2. The maximum atomic E-state index is 12.0. The van der Waals surface area contributed by atoms with Crippen molar-refractivity contribution in [2.75, 3.05) is 11.9 Å². The van der Waals surface area contributed by atoms with E-state index in [2.05, 4.69) is 63.8 Å². The molecule has 0 aliphatic rings. The average molecular weight is 488 g/mol. The zero-order valence-electron chi connectivity index (χ0n) is 13.1.